The maximum absolute atomic E-state index is 12.5. The number of aliphatic hydroxyl groups excluding tert-OH is 1. The number of aliphatic hydroxyl groups is 1. The average Bonchev–Trinajstić information content (AvgIpc) is 3.41. The molecule has 0 radical (unpaired) electrons. The van der Waals surface area contributed by atoms with Crippen molar-refractivity contribution in [3.63, 3.8) is 0 Å². The molecule has 0 saturated carbocycles. The van der Waals surface area contributed by atoms with Gasteiger partial charge in [-0.3, -0.25) is 4.79 Å². The van der Waals surface area contributed by atoms with E-state index >= 15 is 0 Å². The number of likely N-dealkylation sites (tertiary alicyclic amines) is 1. The predicted molar refractivity (Wildman–Crippen MR) is 108 cm³/mol. The molecule has 148 valence electrons. The molecule has 2 aromatic carbocycles. The normalized spacial score (nSPS) is 20.6. The van der Waals surface area contributed by atoms with E-state index in [-0.39, 0.29) is 17.9 Å². The minimum absolute atomic E-state index is 0.000681. The first kappa shape index (κ1) is 18.1. The highest BCUT2D eigenvalue weighted by atomic mass is 16.5. The molecule has 1 aliphatic heterocycles. The highest BCUT2D eigenvalue weighted by Gasteiger charge is 2.48. The number of β-amino-alcohol motifs (C(OH)–C–C–N with tert-alkyl or cyclic N) is 1. The molecule has 2 aliphatic rings. The van der Waals surface area contributed by atoms with Gasteiger partial charge in [-0.2, -0.15) is 4.98 Å². The Balaban J connectivity index is 1.51. The Hall–Kier alpha value is -2.99. The summed E-state index contributed by atoms with van der Waals surface area (Å²) in [6, 6.07) is 14.2. The number of aromatic nitrogens is 2. The van der Waals surface area contributed by atoms with Crippen LogP contribution in [-0.2, 0) is 16.6 Å². The lowest BCUT2D eigenvalue weighted by Gasteiger charge is -2.24. The summed E-state index contributed by atoms with van der Waals surface area (Å²) in [6.45, 7) is 3.11. The smallest absolute Gasteiger partial charge is 0.258 e. The highest BCUT2D eigenvalue weighted by Crippen LogP contribution is 2.48. The van der Waals surface area contributed by atoms with Crippen molar-refractivity contribution in [3.8, 4) is 22.8 Å². The van der Waals surface area contributed by atoms with E-state index in [0.717, 1.165) is 29.5 Å². The van der Waals surface area contributed by atoms with Gasteiger partial charge in [0.1, 0.15) is 0 Å². The Bertz CT molecular complexity index is 1090. The lowest BCUT2D eigenvalue weighted by atomic mass is 9.80. The van der Waals surface area contributed by atoms with Crippen LogP contribution in [0.1, 0.15) is 29.5 Å². The van der Waals surface area contributed by atoms with Crippen LogP contribution in [0.2, 0.25) is 0 Å². The molecular weight excluding hydrogens is 366 g/mol. The Morgan fingerprint density at radius 2 is 2.10 bits per heavy atom. The molecule has 1 fully saturated rings. The molecule has 2 heterocycles. The summed E-state index contributed by atoms with van der Waals surface area (Å²) in [7, 11) is 0. The van der Waals surface area contributed by atoms with Crippen LogP contribution in [0.4, 0.5) is 0 Å². The first-order valence-corrected chi connectivity index (χ1v) is 10.0. The van der Waals surface area contributed by atoms with Crippen LogP contribution >= 0.6 is 0 Å². The van der Waals surface area contributed by atoms with Crippen LogP contribution in [-0.4, -0.2) is 45.8 Å². The van der Waals surface area contributed by atoms with Gasteiger partial charge < -0.3 is 14.5 Å². The van der Waals surface area contributed by atoms with Crippen LogP contribution in [0.5, 0.6) is 0 Å². The maximum Gasteiger partial charge on any atom is 0.258 e. The monoisotopic (exact) mass is 389 g/mol. The second kappa shape index (κ2) is 6.81. The fourth-order valence-electron chi connectivity index (χ4n) is 4.87. The van der Waals surface area contributed by atoms with E-state index in [1.54, 1.807) is 4.90 Å². The van der Waals surface area contributed by atoms with E-state index in [2.05, 4.69) is 16.2 Å². The molecule has 1 saturated heterocycles. The zero-order chi connectivity index (χ0) is 20.0. The first-order valence-electron chi connectivity index (χ1n) is 10.0. The zero-order valence-corrected chi connectivity index (χ0v) is 16.4. The molecule has 6 nitrogen and oxygen atoms in total. The van der Waals surface area contributed by atoms with Gasteiger partial charge in [0.25, 0.3) is 5.89 Å². The number of nitrogens with zero attached hydrogens (tertiary/aromatic N) is 3. The van der Waals surface area contributed by atoms with Gasteiger partial charge in [-0.15, -0.1) is 0 Å². The average molecular weight is 389 g/mol. The van der Waals surface area contributed by atoms with Crippen molar-refractivity contribution >= 4 is 5.91 Å². The summed E-state index contributed by atoms with van der Waals surface area (Å²) in [6.07, 6.45) is 2.32. The zero-order valence-electron chi connectivity index (χ0n) is 16.4. The SMILES string of the molecule is Cc1cccc(-c2nc(-c3cccc4c3CC[C@@]43CC(=O)N(CCO)C3)no2)c1. The van der Waals surface area contributed by atoms with E-state index in [4.69, 9.17) is 4.52 Å². The minimum Gasteiger partial charge on any atom is -0.395 e. The van der Waals surface area contributed by atoms with E-state index in [1.165, 1.54) is 11.1 Å². The second-order valence-electron chi connectivity index (χ2n) is 8.12. The Labute approximate surface area is 169 Å². The third-order valence-electron chi connectivity index (χ3n) is 6.24. The summed E-state index contributed by atoms with van der Waals surface area (Å²) in [4.78, 5) is 18.9. The Kier molecular flexibility index (Phi) is 4.24. The van der Waals surface area contributed by atoms with Gasteiger partial charge in [-0.1, -0.05) is 41.1 Å². The maximum atomic E-state index is 12.5. The lowest BCUT2D eigenvalue weighted by molar-refractivity contribution is -0.128. The lowest BCUT2D eigenvalue weighted by Crippen LogP contribution is -2.32. The predicted octanol–water partition coefficient (Wildman–Crippen LogP) is 3.12. The van der Waals surface area contributed by atoms with Crippen molar-refractivity contribution < 1.29 is 14.4 Å². The summed E-state index contributed by atoms with van der Waals surface area (Å²) in [5.74, 6) is 1.23. The molecule has 3 aromatic rings. The van der Waals surface area contributed by atoms with Crippen molar-refractivity contribution in [2.24, 2.45) is 0 Å². The number of aryl methyl sites for hydroxylation is 1. The molecule has 1 amide bonds. The number of fused-ring (bicyclic) bond motifs is 2. The molecular formula is C23H23N3O3. The summed E-state index contributed by atoms with van der Waals surface area (Å²) < 4.78 is 5.55. The molecule has 0 bridgehead atoms. The van der Waals surface area contributed by atoms with Crippen LogP contribution in [0.3, 0.4) is 0 Å². The molecule has 5 rings (SSSR count). The van der Waals surface area contributed by atoms with Gasteiger partial charge in [0.05, 0.1) is 6.61 Å². The number of benzene rings is 2. The van der Waals surface area contributed by atoms with E-state index in [0.29, 0.717) is 31.2 Å². The highest BCUT2D eigenvalue weighted by molar-refractivity contribution is 5.82. The quantitative estimate of drug-likeness (QED) is 0.742. The van der Waals surface area contributed by atoms with Gasteiger partial charge in [-0.25, -0.2) is 0 Å². The molecule has 6 heteroatoms. The molecule has 1 spiro atoms. The summed E-state index contributed by atoms with van der Waals surface area (Å²) >= 11 is 0. The second-order valence-corrected chi connectivity index (χ2v) is 8.12. The summed E-state index contributed by atoms with van der Waals surface area (Å²) in [5, 5.41) is 13.5. The topological polar surface area (TPSA) is 79.5 Å². The van der Waals surface area contributed by atoms with E-state index < -0.39 is 0 Å². The number of hydrogen-bond donors (Lipinski definition) is 1. The third kappa shape index (κ3) is 2.95. The minimum atomic E-state index is -0.166. The molecule has 1 aliphatic carbocycles. The fourth-order valence-corrected chi connectivity index (χ4v) is 4.87. The standard InChI is InChI=1S/C23H23N3O3/c1-15-4-2-5-16(12-15)22-24-21(25-29-22)18-6-3-7-19-17(18)8-9-23(19)13-20(28)26(14-23)10-11-27/h2-7,12,27H,8-11,13-14H2,1H3/t23-/m0/s1. The van der Waals surface area contributed by atoms with Crippen molar-refractivity contribution in [2.75, 3.05) is 19.7 Å². The van der Waals surface area contributed by atoms with Crippen molar-refractivity contribution in [1.82, 2.24) is 15.0 Å². The molecule has 1 aromatic heterocycles. The number of hydrogen-bond acceptors (Lipinski definition) is 5. The van der Waals surface area contributed by atoms with Crippen molar-refractivity contribution in [2.45, 2.75) is 31.6 Å². The number of carbonyl (C=O) groups is 1. The molecule has 1 atom stereocenters. The molecule has 0 unspecified atom stereocenters. The molecule has 1 N–H and O–H groups in total. The van der Waals surface area contributed by atoms with Crippen molar-refractivity contribution in [3.05, 3.63) is 59.2 Å². The number of amides is 1. The Morgan fingerprint density at radius 3 is 2.93 bits per heavy atom. The molecule has 29 heavy (non-hydrogen) atoms. The van der Waals surface area contributed by atoms with Gasteiger partial charge >= 0.3 is 0 Å². The number of carbonyl (C=O) groups excluding carboxylic acids is 1. The Morgan fingerprint density at radius 1 is 1.24 bits per heavy atom. The van der Waals surface area contributed by atoms with Gasteiger partial charge in [0.15, 0.2) is 0 Å². The fraction of sp³-hybridized carbons (Fsp3) is 0.348. The van der Waals surface area contributed by atoms with Gasteiger partial charge in [-0.05, 0) is 43.0 Å². The third-order valence-corrected chi connectivity index (χ3v) is 6.24. The summed E-state index contributed by atoms with van der Waals surface area (Å²) in [5.41, 5.74) is 5.29. The van der Waals surface area contributed by atoms with Crippen LogP contribution in [0.25, 0.3) is 22.8 Å². The number of rotatable bonds is 4. The van der Waals surface area contributed by atoms with Crippen LogP contribution in [0, 0.1) is 6.92 Å². The largest absolute Gasteiger partial charge is 0.395 e. The van der Waals surface area contributed by atoms with Crippen LogP contribution in [0.15, 0.2) is 47.0 Å². The first-order chi connectivity index (χ1) is 14.1. The van der Waals surface area contributed by atoms with Gasteiger partial charge in [0, 0.05) is 36.1 Å². The van der Waals surface area contributed by atoms with E-state index in [1.807, 2.05) is 43.3 Å². The van der Waals surface area contributed by atoms with E-state index in [9.17, 15) is 9.90 Å². The van der Waals surface area contributed by atoms with Gasteiger partial charge in [0.2, 0.25) is 11.7 Å². The van der Waals surface area contributed by atoms with Crippen LogP contribution < -0.4 is 0 Å². The van der Waals surface area contributed by atoms with Crippen molar-refractivity contribution in [1.29, 1.82) is 0 Å².